The quantitative estimate of drug-likeness (QED) is 0.524. The van der Waals surface area contributed by atoms with Crippen LogP contribution in [0.5, 0.6) is 0 Å². The molecule has 0 atom stereocenters. The molecule has 0 N–H and O–H groups in total. The first-order valence-electron chi connectivity index (χ1n) is 10.8. The molecule has 1 fully saturated rings. The summed E-state index contributed by atoms with van der Waals surface area (Å²) >= 11 is 6.05. The zero-order valence-corrected chi connectivity index (χ0v) is 20.8. The van der Waals surface area contributed by atoms with Crippen molar-refractivity contribution in [3.63, 3.8) is 0 Å². The van der Waals surface area contributed by atoms with Gasteiger partial charge in [-0.05, 0) is 68.1 Å². The van der Waals surface area contributed by atoms with Gasteiger partial charge in [0.15, 0.2) is 9.76 Å². The van der Waals surface area contributed by atoms with Gasteiger partial charge >= 0.3 is 0 Å². The van der Waals surface area contributed by atoms with Crippen molar-refractivity contribution in [2.24, 2.45) is 0 Å². The lowest BCUT2D eigenvalue weighted by atomic mass is 9.63. The monoisotopic (exact) mass is 429 g/mol. The van der Waals surface area contributed by atoms with Crippen LogP contribution in [-0.2, 0) is 16.4 Å². The molecule has 4 heteroatoms. The molecule has 29 heavy (non-hydrogen) atoms. The van der Waals surface area contributed by atoms with E-state index >= 15 is 0 Å². The van der Waals surface area contributed by atoms with Crippen LogP contribution in [0.2, 0.25) is 10.1 Å². The molecule has 0 bridgehead atoms. The molecule has 1 heterocycles. The minimum absolute atomic E-state index is 0.0585. The zero-order chi connectivity index (χ0) is 21.1. The lowest BCUT2D eigenvalue weighted by Gasteiger charge is -2.52. The molecule has 2 nitrogen and oxygen atoms in total. The fraction of sp³-hybridized carbons (Fsp3) is 0.520. The summed E-state index contributed by atoms with van der Waals surface area (Å²) in [6.07, 6.45) is 2.24. The van der Waals surface area contributed by atoms with E-state index in [1.807, 2.05) is 12.1 Å². The number of hydrogen-bond acceptors (Lipinski definition) is 2. The molecule has 0 aromatic heterocycles. The molecule has 1 aliphatic rings. The SMILES string of the molecule is CC(C)(C)[SiH2]OC(C)(C)C1(c2ccccc2)CCN(Cc2ccc(Cl)cc2)CC1. The number of benzene rings is 2. The van der Waals surface area contributed by atoms with Crippen molar-refractivity contribution >= 4 is 21.4 Å². The molecule has 3 rings (SSSR count). The Morgan fingerprint density at radius 3 is 2.07 bits per heavy atom. The average molecular weight is 430 g/mol. The number of nitrogens with zero attached hydrogens (tertiary/aromatic N) is 1. The molecule has 0 saturated carbocycles. The van der Waals surface area contributed by atoms with Gasteiger partial charge in [-0.1, -0.05) is 74.8 Å². The van der Waals surface area contributed by atoms with Gasteiger partial charge in [-0.25, -0.2) is 0 Å². The lowest BCUT2D eigenvalue weighted by Crippen LogP contribution is -2.56. The fourth-order valence-electron chi connectivity index (χ4n) is 4.47. The highest BCUT2D eigenvalue weighted by molar-refractivity contribution is 6.32. The minimum Gasteiger partial charge on any atom is -0.418 e. The van der Waals surface area contributed by atoms with E-state index < -0.39 is 9.76 Å². The summed E-state index contributed by atoms with van der Waals surface area (Å²) in [5, 5.41) is 1.10. The van der Waals surface area contributed by atoms with Gasteiger partial charge in [-0.15, -0.1) is 0 Å². The van der Waals surface area contributed by atoms with E-state index in [2.05, 4.69) is 82.0 Å². The van der Waals surface area contributed by atoms with Gasteiger partial charge in [0, 0.05) is 17.0 Å². The molecular formula is C25H36ClNOSi. The topological polar surface area (TPSA) is 12.5 Å². The third-order valence-corrected chi connectivity index (χ3v) is 8.36. The maximum absolute atomic E-state index is 6.76. The fourth-order valence-corrected chi connectivity index (χ4v) is 5.67. The van der Waals surface area contributed by atoms with Crippen LogP contribution in [0.25, 0.3) is 0 Å². The molecule has 0 spiro atoms. The number of rotatable bonds is 6. The standard InChI is InChI=1S/C25H36ClNOSi/c1-23(2,3)29-28-24(4,5)25(21-9-7-6-8-10-21)15-17-27(18-16-25)19-20-11-13-22(26)14-12-20/h6-14H,15-19,29H2,1-5H3. The Morgan fingerprint density at radius 2 is 1.52 bits per heavy atom. The highest BCUT2D eigenvalue weighted by Crippen LogP contribution is 2.47. The summed E-state index contributed by atoms with van der Waals surface area (Å²) < 4.78 is 6.76. The van der Waals surface area contributed by atoms with Crippen LogP contribution >= 0.6 is 11.6 Å². The van der Waals surface area contributed by atoms with Crippen molar-refractivity contribution in [1.82, 2.24) is 4.90 Å². The van der Waals surface area contributed by atoms with E-state index in [1.165, 1.54) is 11.1 Å². The van der Waals surface area contributed by atoms with E-state index in [9.17, 15) is 0 Å². The third kappa shape index (κ3) is 5.52. The van der Waals surface area contributed by atoms with Gasteiger partial charge in [-0.3, -0.25) is 4.90 Å². The van der Waals surface area contributed by atoms with Crippen LogP contribution in [-0.4, -0.2) is 33.4 Å². The number of piperidine rings is 1. The largest absolute Gasteiger partial charge is 0.418 e. The van der Waals surface area contributed by atoms with Gasteiger partial charge in [-0.2, -0.15) is 0 Å². The maximum atomic E-state index is 6.76. The summed E-state index contributed by atoms with van der Waals surface area (Å²) in [6, 6.07) is 19.3. The molecule has 2 aromatic rings. The number of likely N-dealkylation sites (tertiary alicyclic amines) is 1. The molecule has 0 aliphatic carbocycles. The van der Waals surface area contributed by atoms with Gasteiger partial charge in [0.2, 0.25) is 0 Å². The van der Waals surface area contributed by atoms with E-state index in [-0.39, 0.29) is 11.0 Å². The Labute approximate surface area is 184 Å². The second kappa shape index (κ2) is 8.93. The van der Waals surface area contributed by atoms with Crippen molar-refractivity contribution in [2.75, 3.05) is 13.1 Å². The summed E-state index contributed by atoms with van der Waals surface area (Å²) in [4.78, 5) is 2.57. The van der Waals surface area contributed by atoms with Gasteiger partial charge in [0.25, 0.3) is 0 Å². The molecule has 1 aliphatic heterocycles. The van der Waals surface area contributed by atoms with E-state index in [0.29, 0.717) is 5.04 Å². The first-order chi connectivity index (χ1) is 13.6. The summed E-state index contributed by atoms with van der Waals surface area (Å²) in [5.41, 5.74) is 2.65. The van der Waals surface area contributed by atoms with Crippen LogP contribution < -0.4 is 0 Å². The second-order valence-electron chi connectivity index (χ2n) is 10.2. The van der Waals surface area contributed by atoms with E-state index in [0.717, 1.165) is 37.5 Å². The lowest BCUT2D eigenvalue weighted by molar-refractivity contribution is -0.0209. The molecule has 2 aromatic carbocycles. The second-order valence-corrected chi connectivity index (χ2v) is 13.3. The normalized spacial score (nSPS) is 18.4. The molecule has 0 amide bonds. The highest BCUT2D eigenvalue weighted by atomic mass is 35.5. The smallest absolute Gasteiger partial charge is 0.167 e. The Kier molecular flexibility index (Phi) is 6.94. The van der Waals surface area contributed by atoms with Gasteiger partial charge < -0.3 is 4.43 Å². The van der Waals surface area contributed by atoms with E-state index in [1.54, 1.807) is 0 Å². The number of hydrogen-bond donors (Lipinski definition) is 0. The third-order valence-electron chi connectivity index (χ3n) is 6.37. The molecule has 1 saturated heterocycles. The highest BCUT2D eigenvalue weighted by Gasteiger charge is 2.48. The van der Waals surface area contributed by atoms with Crippen molar-refractivity contribution in [3.05, 3.63) is 70.7 Å². The van der Waals surface area contributed by atoms with E-state index in [4.69, 9.17) is 16.0 Å². The van der Waals surface area contributed by atoms with Crippen LogP contribution in [0, 0.1) is 0 Å². The molecule has 0 unspecified atom stereocenters. The summed E-state index contributed by atoms with van der Waals surface area (Å²) in [6.45, 7) is 14.7. The van der Waals surface area contributed by atoms with Crippen LogP contribution in [0.4, 0.5) is 0 Å². The van der Waals surface area contributed by atoms with Gasteiger partial charge in [0.1, 0.15) is 0 Å². The first-order valence-corrected chi connectivity index (χ1v) is 12.4. The van der Waals surface area contributed by atoms with Crippen LogP contribution in [0.1, 0.15) is 58.6 Å². The van der Waals surface area contributed by atoms with Crippen molar-refractivity contribution in [3.8, 4) is 0 Å². The maximum Gasteiger partial charge on any atom is 0.167 e. The van der Waals surface area contributed by atoms with Crippen LogP contribution in [0.15, 0.2) is 54.6 Å². The predicted molar refractivity (Wildman–Crippen MR) is 128 cm³/mol. The molecule has 0 radical (unpaired) electrons. The van der Waals surface area contributed by atoms with Crippen molar-refractivity contribution in [2.45, 2.75) is 70.1 Å². The Balaban J connectivity index is 1.78. The van der Waals surface area contributed by atoms with Crippen molar-refractivity contribution < 1.29 is 4.43 Å². The Hall–Kier alpha value is -1.13. The average Bonchev–Trinajstić information content (AvgIpc) is 2.69. The summed E-state index contributed by atoms with van der Waals surface area (Å²) in [5.74, 6) is 0. The predicted octanol–water partition coefficient (Wildman–Crippen LogP) is 5.97. The Morgan fingerprint density at radius 1 is 0.931 bits per heavy atom. The molecular weight excluding hydrogens is 394 g/mol. The zero-order valence-electron chi connectivity index (χ0n) is 18.7. The Bertz CT molecular complexity index is 775. The first kappa shape index (κ1) is 22.5. The molecule has 158 valence electrons. The minimum atomic E-state index is -0.632. The summed E-state index contributed by atoms with van der Waals surface area (Å²) in [7, 11) is -0.632. The van der Waals surface area contributed by atoms with Crippen molar-refractivity contribution in [1.29, 1.82) is 0 Å². The van der Waals surface area contributed by atoms with Crippen LogP contribution in [0.3, 0.4) is 0 Å². The van der Waals surface area contributed by atoms with Gasteiger partial charge in [0.05, 0.1) is 5.60 Å². The number of halogens is 1.